The molecule has 0 aliphatic rings. The lowest BCUT2D eigenvalue weighted by molar-refractivity contribution is 0.539. The third-order valence-corrected chi connectivity index (χ3v) is 2.74. The van der Waals surface area contributed by atoms with Gasteiger partial charge in [-0.05, 0) is 31.5 Å². The van der Waals surface area contributed by atoms with E-state index in [9.17, 15) is 0 Å². The van der Waals surface area contributed by atoms with E-state index in [0.717, 1.165) is 30.4 Å². The number of nitrogens with one attached hydrogen (secondary N) is 1. The summed E-state index contributed by atoms with van der Waals surface area (Å²) in [6.45, 7) is 8.10. The van der Waals surface area contributed by atoms with Gasteiger partial charge in [-0.2, -0.15) is 0 Å². The molecule has 1 N–H and O–H groups in total. The Hall–Kier alpha value is -1.68. The van der Waals surface area contributed by atoms with E-state index >= 15 is 0 Å². The summed E-state index contributed by atoms with van der Waals surface area (Å²) in [5.41, 5.74) is 1.11. The highest BCUT2D eigenvalue weighted by Crippen LogP contribution is 2.12. The van der Waals surface area contributed by atoms with Gasteiger partial charge < -0.3 is 5.32 Å². The first-order valence-corrected chi connectivity index (χ1v) is 6.35. The van der Waals surface area contributed by atoms with Crippen LogP contribution in [-0.2, 0) is 6.54 Å². The van der Waals surface area contributed by atoms with Crippen LogP contribution in [0.3, 0.4) is 0 Å². The minimum absolute atomic E-state index is 0.638. The molecule has 2 aromatic rings. The van der Waals surface area contributed by atoms with Crippen molar-refractivity contribution in [3.8, 4) is 5.69 Å². The molecule has 0 unspecified atom stereocenters. The van der Waals surface area contributed by atoms with Crippen LogP contribution in [0.15, 0.2) is 30.3 Å². The van der Waals surface area contributed by atoms with Crippen LogP contribution in [0.5, 0.6) is 0 Å². The maximum atomic E-state index is 4.24. The van der Waals surface area contributed by atoms with Crippen molar-refractivity contribution in [2.24, 2.45) is 5.92 Å². The number of benzene rings is 1. The number of rotatable bonds is 5. The Morgan fingerprint density at radius 3 is 2.56 bits per heavy atom. The number of hydrogen-bond donors (Lipinski definition) is 1. The summed E-state index contributed by atoms with van der Waals surface area (Å²) in [6.07, 6.45) is 0. The monoisotopic (exact) mass is 244 g/mol. The number of aromatic nitrogens is 3. The molecule has 0 radical (unpaired) electrons. The first kappa shape index (κ1) is 12.8. The largest absolute Gasteiger partial charge is 0.310 e. The number of nitrogens with zero attached hydrogens (tertiary/aromatic N) is 3. The van der Waals surface area contributed by atoms with Crippen LogP contribution < -0.4 is 5.32 Å². The summed E-state index contributed by atoms with van der Waals surface area (Å²) in [4.78, 5) is 0. The normalized spacial score (nSPS) is 11.1. The molecule has 0 bridgehead atoms. The number of aryl methyl sites for hydroxylation is 1. The SMILES string of the molecule is Cc1nnc(CNCC(C)C)n1-c1ccccc1. The summed E-state index contributed by atoms with van der Waals surface area (Å²) >= 11 is 0. The third kappa shape index (κ3) is 2.96. The van der Waals surface area contributed by atoms with Crippen molar-refractivity contribution in [2.45, 2.75) is 27.3 Å². The van der Waals surface area contributed by atoms with Gasteiger partial charge in [-0.3, -0.25) is 4.57 Å². The molecule has 0 saturated carbocycles. The van der Waals surface area contributed by atoms with Crippen LogP contribution in [0.2, 0.25) is 0 Å². The van der Waals surface area contributed by atoms with Gasteiger partial charge in [0, 0.05) is 5.69 Å². The van der Waals surface area contributed by atoms with E-state index in [-0.39, 0.29) is 0 Å². The molecule has 0 atom stereocenters. The van der Waals surface area contributed by atoms with Crippen LogP contribution in [0.25, 0.3) is 5.69 Å². The summed E-state index contributed by atoms with van der Waals surface area (Å²) in [6, 6.07) is 10.2. The van der Waals surface area contributed by atoms with E-state index in [1.165, 1.54) is 0 Å². The van der Waals surface area contributed by atoms with Crippen LogP contribution in [0.4, 0.5) is 0 Å². The van der Waals surface area contributed by atoms with E-state index in [2.05, 4.69) is 46.1 Å². The Labute approximate surface area is 108 Å². The van der Waals surface area contributed by atoms with E-state index in [1.54, 1.807) is 0 Å². The van der Waals surface area contributed by atoms with Gasteiger partial charge in [0.15, 0.2) is 5.82 Å². The fourth-order valence-corrected chi connectivity index (χ4v) is 1.91. The van der Waals surface area contributed by atoms with Crippen LogP contribution >= 0.6 is 0 Å². The molecule has 0 fully saturated rings. The molecule has 4 heteroatoms. The van der Waals surface area contributed by atoms with Gasteiger partial charge in [-0.1, -0.05) is 32.0 Å². The number of hydrogen-bond acceptors (Lipinski definition) is 3. The van der Waals surface area contributed by atoms with Gasteiger partial charge in [-0.25, -0.2) is 0 Å². The lowest BCUT2D eigenvalue weighted by atomic mass is 10.2. The fourth-order valence-electron chi connectivity index (χ4n) is 1.91. The molecule has 96 valence electrons. The van der Waals surface area contributed by atoms with E-state index in [0.29, 0.717) is 5.92 Å². The highest BCUT2D eigenvalue weighted by molar-refractivity contribution is 5.33. The summed E-state index contributed by atoms with van der Waals surface area (Å²) in [5.74, 6) is 2.51. The molecule has 1 aromatic heterocycles. The zero-order valence-electron chi connectivity index (χ0n) is 11.2. The first-order chi connectivity index (χ1) is 8.68. The summed E-state index contributed by atoms with van der Waals surface area (Å²) in [7, 11) is 0. The van der Waals surface area contributed by atoms with Crippen molar-refractivity contribution in [3.63, 3.8) is 0 Å². The molecule has 2 rings (SSSR count). The smallest absolute Gasteiger partial charge is 0.151 e. The molecule has 0 aliphatic carbocycles. The standard InChI is InChI=1S/C14H20N4/c1-11(2)9-15-10-14-17-16-12(3)18(14)13-7-5-4-6-8-13/h4-8,11,15H,9-10H2,1-3H3. The highest BCUT2D eigenvalue weighted by Gasteiger charge is 2.09. The average molecular weight is 244 g/mol. The van der Waals surface area contributed by atoms with Crippen molar-refractivity contribution in [2.75, 3.05) is 6.54 Å². The Bertz CT molecular complexity index is 488. The molecule has 0 aliphatic heterocycles. The van der Waals surface area contributed by atoms with Crippen LogP contribution in [0.1, 0.15) is 25.5 Å². The third-order valence-electron chi connectivity index (χ3n) is 2.74. The van der Waals surface area contributed by atoms with E-state index in [4.69, 9.17) is 0 Å². The van der Waals surface area contributed by atoms with Crippen molar-refractivity contribution >= 4 is 0 Å². The predicted octanol–water partition coefficient (Wildman–Crippen LogP) is 2.32. The van der Waals surface area contributed by atoms with Crippen molar-refractivity contribution < 1.29 is 0 Å². The maximum Gasteiger partial charge on any atom is 0.151 e. The Morgan fingerprint density at radius 2 is 1.89 bits per heavy atom. The quantitative estimate of drug-likeness (QED) is 0.877. The fraction of sp³-hybridized carbons (Fsp3) is 0.429. The second-order valence-electron chi connectivity index (χ2n) is 4.86. The molecule has 4 nitrogen and oxygen atoms in total. The summed E-state index contributed by atoms with van der Waals surface area (Å²) < 4.78 is 2.09. The molecule has 1 aromatic carbocycles. The Morgan fingerprint density at radius 1 is 1.17 bits per heavy atom. The van der Waals surface area contributed by atoms with Crippen LogP contribution in [-0.4, -0.2) is 21.3 Å². The Kier molecular flexibility index (Phi) is 4.10. The number of para-hydroxylation sites is 1. The van der Waals surface area contributed by atoms with Crippen molar-refractivity contribution in [1.29, 1.82) is 0 Å². The van der Waals surface area contributed by atoms with Gasteiger partial charge in [0.05, 0.1) is 6.54 Å². The minimum Gasteiger partial charge on any atom is -0.310 e. The first-order valence-electron chi connectivity index (χ1n) is 6.35. The minimum atomic E-state index is 0.638. The second-order valence-corrected chi connectivity index (χ2v) is 4.86. The van der Waals surface area contributed by atoms with E-state index in [1.807, 2.05) is 25.1 Å². The van der Waals surface area contributed by atoms with Gasteiger partial charge in [-0.15, -0.1) is 10.2 Å². The molecule has 0 spiro atoms. The van der Waals surface area contributed by atoms with Crippen molar-refractivity contribution in [1.82, 2.24) is 20.1 Å². The van der Waals surface area contributed by atoms with E-state index < -0.39 is 0 Å². The molecule has 0 amide bonds. The predicted molar refractivity (Wildman–Crippen MR) is 72.6 cm³/mol. The molecule has 18 heavy (non-hydrogen) atoms. The van der Waals surface area contributed by atoms with Gasteiger partial charge in [0.25, 0.3) is 0 Å². The molecule has 0 saturated heterocycles. The topological polar surface area (TPSA) is 42.7 Å². The average Bonchev–Trinajstić information content (AvgIpc) is 2.71. The van der Waals surface area contributed by atoms with Crippen molar-refractivity contribution in [3.05, 3.63) is 42.0 Å². The Balaban J connectivity index is 2.17. The maximum absolute atomic E-state index is 4.24. The van der Waals surface area contributed by atoms with Gasteiger partial charge >= 0.3 is 0 Å². The van der Waals surface area contributed by atoms with Crippen LogP contribution in [0, 0.1) is 12.8 Å². The lowest BCUT2D eigenvalue weighted by Gasteiger charge is -2.10. The zero-order valence-corrected chi connectivity index (χ0v) is 11.2. The summed E-state index contributed by atoms with van der Waals surface area (Å²) in [5, 5.41) is 11.8. The second kappa shape index (κ2) is 5.78. The lowest BCUT2D eigenvalue weighted by Crippen LogP contribution is -2.21. The molecule has 1 heterocycles. The zero-order chi connectivity index (χ0) is 13.0. The van der Waals surface area contributed by atoms with Gasteiger partial charge in [0.1, 0.15) is 5.82 Å². The molecular formula is C14H20N4. The van der Waals surface area contributed by atoms with Gasteiger partial charge in [0.2, 0.25) is 0 Å². The molecular weight excluding hydrogens is 224 g/mol. The highest BCUT2D eigenvalue weighted by atomic mass is 15.3.